The number of thiocarbonyl (C=S) groups is 1. The molecule has 0 radical (unpaired) electrons. The number of nitrogens with two attached hydrogens (primary N) is 2. The molecule has 0 heterocycles. The van der Waals surface area contributed by atoms with E-state index in [4.69, 9.17) is 23.1 Å². The fourth-order valence-electron chi connectivity index (χ4n) is 1.30. The summed E-state index contributed by atoms with van der Waals surface area (Å²) in [6, 6.07) is 5.90. The molecule has 0 saturated heterocycles. The third kappa shape index (κ3) is 4.84. The molecule has 0 unspecified atom stereocenters. The van der Waals surface area contributed by atoms with Crippen LogP contribution >= 0.6 is 12.2 Å². The molecule has 0 aromatic heterocycles. The van der Waals surface area contributed by atoms with Crippen LogP contribution in [0, 0.1) is 0 Å². The molecular weight excluding hydrogens is 310 g/mol. The summed E-state index contributed by atoms with van der Waals surface area (Å²) in [5.74, 6) is -0.499. The van der Waals surface area contributed by atoms with Gasteiger partial charge in [0, 0.05) is 12.1 Å². The molecule has 7 nitrogen and oxygen atoms in total. The molecule has 0 atom stereocenters. The second kappa shape index (κ2) is 5.92. The number of primary sulfonamides is 1. The largest absolute Gasteiger partial charge is 0.389 e. The first kappa shape index (κ1) is 16.0. The highest BCUT2D eigenvalue weighted by molar-refractivity contribution is 7.90. The van der Waals surface area contributed by atoms with Crippen LogP contribution in [0.1, 0.15) is 5.56 Å². The first-order chi connectivity index (χ1) is 8.63. The molecule has 0 fully saturated rings. The first-order valence-corrected chi connectivity index (χ1v) is 8.63. The number of rotatable bonds is 6. The molecule has 106 valence electrons. The van der Waals surface area contributed by atoms with E-state index < -0.39 is 25.8 Å². The minimum absolute atomic E-state index is 0.0626. The van der Waals surface area contributed by atoms with Crippen LogP contribution in [0.3, 0.4) is 0 Å². The number of benzene rings is 1. The molecule has 0 spiro atoms. The molecule has 0 amide bonds. The minimum atomic E-state index is -3.90. The van der Waals surface area contributed by atoms with E-state index in [0.717, 1.165) is 0 Å². The standard InChI is InChI=1S/C9H13N3O4S3/c10-9(17)7-3-1-2-4-8(7)19(15,16)12-5-6-18(11,13)14/h1-4,12H,5-6H2,(H2,10,17)(H2,11,13,14). The lowest BCUT2D eigenvalue weighted by Gasteiger charge is -2.10. The Bertz CT molecular complexity index is 682. The highest BCUT2D eigenvalue weighted by atomic mass is 32.2. The van der Waals surface area contributed by atoms with Crippen molar-refractivity contribution in [1.29, 1.82) is 0 Å². The van der Waals surface area contributed by atoms with Crippen molar-refractivity contribution >= 4 is 37.3 Å². The Morgan fingerprint density at radius 3 is 2.32 bits per heavy atom. The molecule has 19 heavy (non-hydrogen) atoms. The molecule has 1 rings (SSSR count). The summed E-state index contributed by atoms with van der Waals surface area (Å²) in [6.45, 7) is -0.327. The molecule has 0 saturated carbocycles. The van der Waals surface area contributed by atoms with Crippen LogP contribution in [0.4, 0.5) is 0 Å². The van der Waals surface area contributed by atoms with Gasteiger partial charge >= 0.3 is 0 Å². The third-order valence-corrected chi connectivity index (χ3v) is 4.63. The van der Waals surface area contributed by atoms with Crippen LogP contribution in [0.25, 0.3) is 0 Å². The smallest absolute Gasteiger partial charge is 0.241 e. The van der Waals surface area contributed by atoms with E-state index in [1.807, 2.05) is 0 Å². The average molecular weight is 323 g/mol. The van der Waals surface area contributed by atoms with Crippen molar-refractivity contribution in [3.63, 3.8) is 0 Å². The lowest BCUT2D eigenvalue weighted by atomic mass is 10.2. The van der Waals surface area contributed by atoms with Crippen molar-refractivity contribution in [3.8, 4) is 0 Å². The van der Waals surface area contributed by atoms with E-state index in [9.17, 15) is 16.8 Å². The van der Waals surface area contributed by atoms with Crippen molar-refractivity contribution in [2.45, 2.75) is 4.90 Å². The lowest BCUT2D eigenvalue weighted by molar-refractivity contribution is 0.581. The van der Waals surface area contributed by atoms with Gasteiger partial charge in [-0.25, -0.2) is 26.7 Å². The first-order valence-electron chi connectivity index (χ1n) is 5.02. The van der Waals surface area contributed by atoms with Crippen molar-refractivity contribution in [3.05, 3.63) is 29.8 Å². The molecule has 0 aliphatic heterocycles. The summed E-state index contributed by atoms with van der Waals surface area (Å²) in [6.07, 6.45) is 0. The topological polar surface area (TPSA) is 132 Å². The van der Waals surface area contributed by atoms with E-state index in [2.05, 4.69) is 4.72 Å². The summed E-state index contributed by atoms with van der Waals surface area (Å²) in [5, 5.41) is 4.78. The van der Waals surface area contributed by atoms with Gasteiger partial charge < -0.3 is 5.73 Å². The van der Waals surface area contributed by atoms with Gasteiger partial charge in [0.05, 0.1) is 10.6 Å². The predicted octanol–water partition coefficient (Wildman–Crippen LogP) is -1.11. The Kier molecular flexibility index (Phi) is 4.98. The highest BCUT2D eigenvalue weighted by Crippen LogP contribution is 2.14. The summed E-state index contributed by atoms with van der Waals surface area (Å²) >= 11 is 4.76. The summed E-state index contributed by atoms with van der Waals surface area (Å²) in [7, 11) is -7.63. The molecule has 1 aromatic carbocycles. The van der Waals surface area contributed by atoms with E-state index in [0.29, 0.717) is 0 Å². The number of hydrogen-bond donors (Lipinski definition) is 3. The Balaban J connectivity index is 2.98. The summed E-state index contributed by atoms with van der Waals surface area (Å²) < 4.78 is 47.5. The second-order valence-corrected chi connectivity index (χ2v) is 7.53. The maximum Gasteiger partial charge on any atom is 0.241 e. The van der Waals surface area contributed by atoms with Crippen molar-refractivity contribution in [1.82, 2.24) is 4.72 Å². The third-order valence-electron chi connectivity index (χ3n) is 2.12. The van der Waals surface area contributed by atoms with Crippen LogP contribution in [0.2, 0.25) is 0 Å². The van der Waals surface area contributed by atoms with Gasteiger partial charge in [-0.1, -0.05) is 30.4 Å². The van der Waals surface area contributed by atoms with E-state index in [1.165, 1.54) is 18.2 Å². The monoisotopic (exact) mass is 323 g/mol. The number of sulfonamides is 2. The maximum absolute atomic E-state index is 12.0. The second-order valence-electron chi connectivity index (χ2n) is 3.63. The fraction of sp³-hybridized carbons (Fsp3) is 0.222. The Morgan fingerprint density at radius 2 is 1.79 bits per heavy atom. The van der Waals surface area contributed by atoms with E-state index in [-0.39, 0.29) is 22.0 Å². The maximum atomic E-state index is 12.0. The van der Waals surface area contributed by atoms with Gasteiger partial charge in [-0.05, 0) is 6.07 Å². The quantitative estimate of drug-likeness (QED) is 0.569. The van der Waals surface area contributed by atoms with Crippen LogP contribution in [-0.2, 0) is 20.0 Å². The Labute approximate surface area is 117 Å². The summed E-state index contributed by atoms with van der Waals surface area (Å²) in [4.78, 5) is -0.163. The lowest BCUT2D eigenvalue weighted by Crippen LogP contribution is -2.32. The van der Waals surface area contributed by atoms with Gasteiger partial charge in [0.15, 0.2) is 0 Å². The van der Waals surface area contributed by atoms with Gasteiger partial charge in [0.25, 0.3) is 0 Å². The van der Waals surface area contributed by atoms with Crippen molar-refractivity contribution in [2.24, 2.45) is 10.9 Å². The number of nitrogens with one attached hydrogen (secondary N) is 1. The zero-order valence-electron chi connectivity index (χ0n) is 9.74. The molecular formula is C9H13N3O4S3. The molecule has 0 aliphatic rings. The van der Waals surface area contributed by atoms with Crippen molar-refractivity contribution < 1.29 is 16.8 Å². The van der Waals surface area contributed by atoms with Crippen LogP contribution < -0.4 is 15.6 Å². The molecule has 1 aromatic rings. The minimum Gasteiger partial charge on any atom is -0.389 e. The molecule has 10 heteroatoms. The van der Waals surface area contributed by atoms with E-state index in [1.54, 1.807) is 6.07 Å². The van der Waals surface area contributed by atoms with Gasteiger partial charge in [-0.15, -0.1) is 0 Å². The number of hydrogen-bond acceptors (Lipinski definition) is 5. The van der Waals surface area contributed by atoms with Crippen LogP contribution in [-0.4, -0.2) is 34.1 Å². The Morgan fingerprint density at radius 1 is 1.21 bits per heavy atom. The SMILES string of the molecule is NC(=S)c1ccccc1S(=O)(=O)NCCS(N)(=O)=O. The molecule has 0 aliphatic carbocycles. The van der Waals surface area contributed by atoms with Crippen LogP contribution in [0.15, 0.2) is 29.2 Å². The average Bonchev–Trinajstić information content (AvgIpc) is 2.27. The zero-order valence-corrected chi connectivity index (χ0v) is 12.2. The van der Waals surface area contributed by atoms with Gasteiger partial charge in [-0.3, -0.25) is 0 Å². The van der Waals surface area contributed by atoms with E-state index >= 15 is 0 Å². The van der Waals surface area contributed by atoms with Crippen LogP contribution in [0.5, 0.6) is 0 Å². The summed E-state index contributed by atoms with van der Waals surface area (Å²) in [5.41, 5.74) is 5.63. The molecule has 5 N–H and O–H groups in total. The Hall–Kier alpha value is -1.07. The van der Waals surface area contributed by atoms with Crippen molar-refractivity contribution in [2.75, 3.05) is 12.3 Å². The predicted molar refractivity (Wildman–Crippen MR) is 75.5 cm³/mol. The molecule has 0 bridgehead atoms. The highest BCUT2D eigenvalue weighted by Gasteiger charge is 2.19. The zero-order chi connectivity index (χ0) is 14.7. The fourth-order valence-corrected chi connectivity index (χ4v) is 3.31. The van der Waals surface area contributed by atoms with Gasteiger partial charge in [0.2, 0.25) is 20.0 Å². The van der Waals surface area contributed by atoms with Gasteiger partial charge in [-0.2, -0.15) is 0 Å². The van der Waals surface area contributed by atoms with Gasteiger partial charge in [0.1, 0.15) is 4.99 Å². The normalized spacial score (nSPS) is 12.3.